The number of amides is 1. The van der Waals surface area contributed by atoms with Crippen molar-refractivity contribution in [1.82, 2.24) is 4.90 Å². The molecule has 0 aromatic carbocycles. The Morgan fingerprint density at radius 3 is 2.55 bits per heavy atom. The molecule has 1 atom stereocenters. The van der Waals surface area contributed by atoms with Crippen LogP contribution in [-0.2, 0) is 15.8 Å². The van der Waals surface area contributed by atoms with E-state index < -0.39 is 11.0 Å². The Kier molecular flexibility index (Phi) is 4.19. The van der Waals surface area contributed by atoms with Crippen LogP contribution < -0.4 is 0 Å². The number of hydrogen-bond acceptors (Lipinski definition) is 2. The molecule has 0 N–H and O–H groups in total. The summed E-state index contributed by atoms with van der Waals surface area (Å²) in [7, 11) is -1.27. The summed E-state index contributed by atoms with van der Waals surface area (Å²) >= 11 is 0. The van der Waals surface area contributed by atoms with E-state index in [2.05, 4.69) is 11.0 Å². The van der Waals surface area contributed by atoms with Gasteiger partial charge in [-0.2, -0.15) is 4.40 Å². The number of nitrogens with zero attached hydrogens (tertiary/aromatic N) is 2. The van der Waals surface area contributed by atoms with Crippen LogP contribution in [-0.4, -0.2) is 38.1 Å². The van der Waals surface area contributed by atoms with E-state index in [4.69, 9.17) is 0 Å². The SMILES string of the molecule is C=CCN1C(=O)C2CCC1(C=NS(=O)C(C)(C)C)CC2. The van der Waals surface area contributed by atoms with Crippen molar-refractivity contribution in [3.8, 4) is 0 Å². The summed E-state index contributed by atoms with van der Waals surface area (Å²) in [6, 6.07) is 0. The Morgan fingerprint density at radius 1 is 1.45 bits per heavy atom. The number of fused-ring (bicyclic) bond motifs is 3. The lowest BCUT2D eigenvalue weighted by molar-refractivity contribution is -0.149. The largest absolute Gasteiger partial charge is 0.328 e. The summed E-state index contributed by atoms with van der Waals surface area (Å²) in [4.78, 5) is 14.2. The summed E-state index contributed by atoms with van der Waals surface area (Å²) < 4.78 is 16.0. The van der Waals surface area contributed by atoms with Gasteiger partial charge in [0.25, 0.3) is 0 Å². The lowest BCUT2D eigenvalue weighted by Gasteiger charge is -2.52. The standard InChI is InChI=1S/C15H24N2O2S/c1-5-10-17-13(18)12-6-8-15(17,9-7-12)11-16-20(19)14(2,3)4/h5,11-12H,1,6-10H2,2-4H3. The highest BCUT2D eigenvalue weighted by molar-refractivity contribution is 7.85. The minimum Gasteiger partial charge on any atom is -0.328 e. The number of carbonyl (C=O) groups is 1. The Labute approximate surface area is 123 Å². The molecule has 2 saturated heterocycles. The van der Waals surface area contributed by atoms with Crippen LogP contribution in [0.4, 0.5) is 0 Å². The molecule has 4 nitrogen and oxygen atoms in total. The summed E-state index contributed by atoms with van der Waals surface area (Å²) in [5.41, 5.74) is -0.346. The minimum absolute atomic E-state index is 0.165. The van der Waals surface area contributed by atoms with Crippen LogP contribution in [0, 0.1) is 5.92 Å². The molecule has 1 unspecified atom stereocenters. The Balaban J connectivity index is 2.25. The van der Waals surface area contributed by atoms with Gasteiger partial charge >= 0.3 is 0 Å². The zero-order chi connectivity index (χ0) is 15.0. The minimum atomic E-state index is -1.27. The van der Waals surface area contributed by atoms with Crippen LogP contribution in [0.15, 0.2) is 17.1 Å². The maximum absolute atomic E-state index is 12.4. The molecule has 2 bridgehead atoms. The normalized spacial score (nSPS) is 31.9. The molecule has 0 aromatic rings. The van der Waals surface area contributed by atoms with E-state index in [1.807, 2.05) is 25.7 Å². The van der Waals surface area contributed by atoms with E-state index in [0.717, 1.165) is 25.7 Å². The van der Waals surface area contributed by atoms with Gasteiger partial charge in [-0.15, -0.1) is 6.58 Å². The van der Waals surface area contributed by atoms with Crippen LogP contribution in [0.1, 0.15) is 46.5 Å². The summed E-state index contributed by atoms with van der Waals surface area (Å²) in [5.74, 6) is 0.369. The maximum atomic E-state index is 12.4. The van der Waals surface area contributed by atoms with Gasteiger partial charge in [0.1, 0.15) is 11.0 Å². The molecule has 0 spiro atoms. The van der Waals surface area contributed by atoms with Gasteiger partial charge in [-0.25, -0.2) is 4.21 Å². The Hall–Kier alpha value is -0.970. The first-order chi connectivity index (χ1) is 9.30. The molecule has 1 aliphatic carbocycles. The van der Waals surface area contributed by atoms with Gasteiger partial charge in [0.15, 0.2) is 0 Å². The van der Waals surface area contributed by atoms with Gasteiger partial charge in [0.2, 0.25) is 5.91 Å². The van der Waals surface area contributed by atoms with Crippen molar-refractivity contribution >= 4 is 23.1 Å². The van der Waals surface area contributed by atoms with Gasteiger partial charge in [-0.3, -0.25) is 4.79 Å². The van der Waals surface area contributed by atoms with Crippen LogP contribution in [0.5, 0.6) is 0 Å². The van der Waals surface area contributed by atoms with E-state index in [1.54, 1.807) is 12.3 Å². The lowest BCUT2D eigenvalue weighted by Crippen LogP contribution is -2.62. The van der Waals surface area contributed by atoms with E-state index in [1.165, 1.54) is 0 Å². The third-order valence-corrected chi connectivity index (χ3v) is 5.57. The molecular formula is C15H24N2O2S. The number of hydrogen-bond donors (Lipinski definition) is 0. The molecule has 3 fully saturated rings. The molecule has 1 amide bonds. The van der Waals surface area contributed by atoms with E-state index in [-0.39, 0.29) is 22.1 Å². The van der Waals surface area contributed by atoms with Crippen molar-refractivity contribution in [2.24, 2.45) is 10.3 Å². The number of piperidine rings is 2. The molecule has 1 saturated carbocycles. The van der Waals surface area contributed by atoms with E-state index in [0.29, 0.717) is 6.54 Å². The average Bonchev–Trinajstić information content (AvgIpc) is 2.40. The molecule has 3 aliphatic rings. The monoisotopic (exact) mass is 296 g/mol. The second kappa shape index (κ2) is 5.43. The van der Waals surface area contributed by atoms with E-state index >= 15 is 0 Å². The van der Waals surface area contributed by atoms with Crippen molar-refractivity contribution < 1.29 is 9.00 Å². The molecule has 5 heteroatoms. The molecule has 2 aliphatic heterocycles. The van der Waals surface area contributed by atoms with Gasteiger partial charge in [0.05, 0.1) is 10.3 Å². The first kappa shape index (κ1) is 15.4. The van der Waals surface area contributed by atoms with E-state index in [9.17, 15) is 9.00 Å². The third kappa shape index (κ3) is 2.73. The van der Waals surface area contributed by atoms with Gasteiger partial charge < -0.3 is 4.90 Å². The van der Waals surface area contributed by atoms with Crippen LogP contribution in [0.2, 0.25) is 0 Å². The molecule has 112 valence electrons. The van der Waals surface area contributed by atoms with Crippen molar-refractivity contribution in [3.05, 3.63) is 12.7 Å². The third-order valence-electron chi connectivity index (χ3n) is 4.23. The predicted octanol–water partition coefficient (Wildman–Crippen LogP) is 2.48. The highest BCUT2D eigenvalue weighted by Gasteiger charge is 2.49. The van der Waals surface area contributed by atoms with Crippen molar-refractivity contribution in [1.29, 1.82) is 0 Å². The van der Waals surface area contributed by atoms with Crippen LogP contribution in [0.25, 0.3) is 0 Å². The van der Waals surface area contributed by atoms with Crippen molar-refractivity contribution in [2.45, 2.75) is 56.7 Å². The zero-order valence-corrected chi connectivity index (χ0v) is 13.4. The smallest absolute Gasteiger partial charge is 0.226 e. The molecule has 20 heavy (non-hydrogen) atoms. The fraction of sp³-hybridized carbons (Fsp3) is 0.733. The lowest BCUT2D eigenvalue weighted by atomic mass is 9.70. The second-order valence-electron chi connectivity index (χ2n) is 6.71. The summed E-state index contributed by atoms with van der Waals surface area (Å²) in [6.45, 7) is 10.0. The average molecular weight is 296 g/mol. The van der Waals surface area contributed by atoms with Gasteiger partial charge in [-0.1, -0.05) is 6.08 Å². The van der Waals surface area contributed by atoms with Crippen LogP contribution in [0.3, 0.4) is 0 Å². The summed E-state index contributed by atoms with van der Waals surface area (Å²) in [5, 5.41) is 0. The topological polar surface area (TPSA) is 49.7 Å². The van der Waals surface area contributed by atoms with Crippen molar-refractivity contribution in [3.63, 3.8) is 0 Å². The second-order valence-corrected chi connectivity index (χ2v) is 8.65. The zero-order valence-electron chi connectivity index (χ0n) is 12.6. The van der Waals surface area contributed by atoms with Crippen LogP contribution >= 0.6 is 0 Å². The number of carbonyl (C=O) groups excluding carboxylic acids is 1. The maximum Gasteiger partial charge on any atom is 0.226 e. The van der Waals surface area contributed by atoms with Gasteiger partial charge in [-0.05, 0) is 46.5 Å². The predicted molar refractivity (Wildman–Crippen MR) is 83.0 cm³/mol. The Morgan fingerprint density at radius 2 is 2.05 bits per heavy atom. The first-order valence-electron chi connectivity index (χ1n) is 7.20. The fourth-order valence-corrected chi connectivity index (χ4v) is 3.59. The molecule has 0 radical (unpaired) electrons. The fourth-order valence-electron chi connectivity index (χ4n) is 2.98. The Bertz CT molecular complexity index is 457. The highest BCUT2D eigenvalue weighted by Crippen LogP contribution is 2.43. The van der Waals surface area contributed by atoms with Gasteiger partial charge in [0, 0.05) is 18.7 Å². The van der Waals surface area contributed by atoms with Crippen molar-refractivity contribution in [2.75, 3.05) is 6.54 Å². The molecule has 2 heterocycles. The molecule has 0 aromatic heterocycles. The summed E-state index contributed by atoms with van der Waals surface area (Å²) in [6.07, 6.45) is 7.21. The first-order valence-corrected chi connectivity index (χ1v) is 8.30. The molecular weight excluding hydrogens is 272 g/mol. The molecule has 3 rings (SSSR count). The quantitative estimate of drug-likeness (QED) is 0.591. The number of rotatable bonds is 4. The highest BCUT2D eigenvalue weighted by atomic mass is 32.2.